The number of hydrazone groups is 1. The van der Waals surface area contributed by atoms with Crippen LogP contribution in [-0.4, -0.2) is 30.9 Å². The minimum atomic E-state index is -0.401. The second-order valence-electron chi connectivity index (χ2n) is 5.83. The molecule has 0 aliphatic rings. The van der Waals surface area contributed by atoms with Crippen LogP contribution >= 0.6 is 11.6 Å². The first-order valence-electron chi connectivity index (χ1n) is 8.53. The smallest absolute Gasteiger partial charge is 0.277 e. The quantitative estimate of drug-likeness (QED) is 0.364. The van der Waals surface area contributed by atoms with E-state index in [1.165, 1.54) is 13.3 Å². The molecular formula is C20H20ClN4O3+. The first-order chi connectivity index (χ1) is 13.6. The molecule has 28 heavy (non-hydrogen) atoms. The number of ether oxygens (including phenoxy) is 2. The molecule has 0 radical (unpaired) electrons. The highest BCUT2D eigenvalue weighted by Gasteiger charge is 2.21. The van der Waals surface area contributed by atoms with Crippen LogP contribution in [0.25, 0.3) is 5.69 Å². The van der Waals surface area contributed by atoms with E-state index in [-0.39, 0.29) is 6.61 Å². The SMILES string of the molecule is COc1ccccc1OCC(=O)N/N=C/c1c(Cl)[nH][n+](-c2ccccc2)c1C. The molecule has 1 amide bonds. The van der Waals surface area contributed by atoms with Crippen LogP contribution < -0.4 is 19.6 Å². The molecule has 3 rings (SSSR count). The zero-order valence-electron chi connectivity index (χ0n) is 15.5. The fourth-order valence-electron chi connectivity index (χ4n) is 2.59. The number of nitrogens with one attached hydrogen (secondary N) is 2. The van der Waals surface area contributed by atoms with Crippen molar-refractivity contribution in [2.75, 3.05) is 13.7 Å². The van der Waals surface area contributed by atoms with Crippen LogP contribution in [0.3, 0.4) is 0 Å². The minimum absolute atomic E-state index is 0.193. The molecule has 0 spiro atoms. The number of carbonyl (C=O) groups excluding carboxylic acids is 1. The maximum atomic E-state index is 12.0. The number of carbonyl (C=O) groups is 1. The van der Waals surface area contributed by atoms with Gasteiger partial charge in [-0.3, -0.25) is 4.79 Å². The second-order valence-corrected chi connectivity index (χ2v) is 6.21. The highest BCUT2D eigenvalue weighted by atomic mass is 35.5. The van der Waals surface area contributed by atoms with Gasteiger partial charge in [0.1, 0.15) is 5.56 Å². The molecule has 0 aliphatic heterocycles. The molecule has 0 bridgehead atoms. The molecule has 1 heterocycles. The predicted octanol–water partition coefficient (Wildman–Crippen LogP) is 2.79. The lowest BCUT2D eigenvalue weighted by Gasteiger charge is -2.08. The summed E-state index contributed by atoms with van der Waals surface area (Å²) in [6.45, 7) is 1.71. The molecule has 0 aliphatic carbocycles. The summed E-state index contributed by atoms with van der Waals surface area (Å²) in [7, 11) is 1.54. The number of aromatic nitrogens is 2. The molecule has 1 aromatic heterocycles. The summed E-state index contributed by atoms with van der Waals surface area (Å²) in [4.78, 5) is 12.0. The lowest BCUT2D eigenvalue weighted by Crippen LogP contribution is -2.35. The van der Waals surface area contributed by atoms with Crippen molar-refractivity contribution >= 4 is 23.7 Å². The third kappa shape index (κ3) is 4.50. The normalized spacial score (nSPS) is 10.8. The van der Waals surface area contributed by atoms with E-state index < -0.39 is 5.91 Å². The molecule has 3 aromatic rings. The molecular weight excluding hydrogens is 380 g/mol. The van der Waals surface area contributed by atoms with Crippen molar-refractivity contribution in [2.45, 2.75) is 6.92 Å². The molecule has 2 aromatic carbocycles. The summed E-state index contributed by atoms with van der Waals surface area (Å²) in [6, 6.07) is 16.8. The maximum absolute atomic E-state index is 12.0. The van der Waals surface area contributed by atoms with E-state index in [2.05, 4.69) is 15.6 Å². The highest BCUT2D eigenvalue weighted by molar-refractivity contribution is 6.31. The Morgan fingerprint density at radius 2 is 1.86 bits per heavy atom. The van der Waals surface area contributed by atoms with Crippen LogP contribution in [0.5, 0.6) is 11.5 Å². The number of amides is 1. The van der Waals surface area contributed by atoms with E-state index in [4.69, 9.17) is 21.1 Å². The topological polar surface area (TPSA) is 79.6 Å². The van der Waals surface area contributed by atoms with E-state index in [0.29, 0.717) is 22.2 Å². The van der Waals surface area contributed by atoms with Gasteiger partial charge in [0.2, 0.25) is 11.4 Å². The van der Waals surface area contributed by atoms with Gasteiger partial charge in [0.15, 0.2) is 23.3 Å². The van der Waals surface area contributed by atoms with Crippen molar-refractivity contribution in [1.29, 1.82) is 0 Å². The van der Waals surface area contributed by atoms with Gasteiger partial charge in [-0.25, -0.2) is 5.43 Å². The Kier molecular flexibility index (Phi) is 6.29. The summed E-state index contributed by atoms with van der Waals surface area (Å²) in [5.41, 5.74) is 4.90. The number of hydrogen-bond acceptors (Lipinski definition) is 4. The average molecular weight is 400 g/mol. The molecule has 144 valence electrons. The maximum Gasteiger partial charge on any atom is 0.277 e. The third-order valence-corrected chi connectivity index (χ3v) is 4.28. The summed E-state index contributed by atoms with van der Waals surface area (Å²) in [5.74, 6) is 0.638. The summed E-state index contributed by atoms with van der Waals surface area (Å²) >= 11 is 6.27. The number of hydrogen-bond donors (Lipinski definition) is 2. The predicted molar refractivity (Wildman–Crippen MR) is 106 cm³/mol. The molecule has 8 heteroatoms. The fourth-order valence-corrected chi connectivity index (χ4v) is 2.86. The van der Waals surface area contributed by atoms with Crippen LogP contribution in [0.2, 0.25) is 5.15 Å². The number of halogens is 1. The van der Waals surface area contributed by atoms with Gasteiger partial charge in [-0.1, -0.05) is 46.6 Å². The minimum Gasteiger partial charge on any atom is -0.493 e. The van der Waals surface area contributed by atoms with Crippen LogP contribution in [0.4, 0.5) is 0 Å². The Bertz CT molecular complexity index is 986. The standard InChI is InChI=1S/C20H19ClN4O3/c1-14-16(20(21)24-25(14)15-8-4-3-5-9-15)12-22-23-19(26)13-28-18-11-7-6-10-17(18)27-2/h3-12H,13H2,1-2H3,(H,23,26)/p+1/b22-12+. The van der Waals surface area contributed by atoms with Gasteiger partial charge in [-0.05, 0) is 12.1 Å². The van der Waals surface area contributed by atoms with Crippen molar-refractivity contribution in [3.63, 3.8) is 0 Å². The Morgan fingerprint density at radius 3 is 2.57 bits per heavy atom. The first kappa shape index (κ1) is 19.4. The van der Waals surface area contributed by atoms with Gasteiger partial charge < -0.3 is 9.47 Å². The zero-order valence-corrected chi connectivity index (χ0v) is 16.2. The molecule has 0 atom stereocenters. The number of para-hydroxylation sites is 3. The van der Waals surface area contributed by atoms with E-state index in [0.717, 1.165) is 11.4 Å². The Hall–Kier alpha value is -3.32. The largest absolute Gasteiger partial charge is 0.493 e. The monoisotopic (exact) mass is 399 g/mol. The van der Waals surface area contributed by atoms with Crippen LogP contribution in [0.15, 0.2) is 59.7 Å². The third-order valence-electron chi connectivity index (χ3n) is 4.00. The average Bonchev–Trinajstić information content (AvgIpc) is 3.01. The molecule has 2 N–H and O–H groups in total. The number of aromatic amines is 1. The molecule has 0 fully saturated rings. The number of nitrogens with zero attached hydrogens (tertiary/aromatic N) is 2. The van der Waals surface area contributed by atoms with E-state index in [1.54, 1.807) is 18.2 Å². The van der Waals surface area contributed by atoms with Gasteiger partial charge in [0, 0.05) is 19.1 Å². The molecule has 0 saturated carbocycles. The van der Waals surface area contributed by atoms with E-state index in [9.17, 15) is 4.79 Å². The first-order valence-corrected chi connectivity index (χ1v) is 8.91. The van der Waals surface area contributed by atoms with E-state index >= 15 is 0 Å². The van der Waals surface area contributed by atoms with Crippen molar-refractivity contribution in [3.05, 3.63) is 71.0 Å². The molecule has 7 nitrogen and oxygen atoms in total. The van der Waals surface area contributed by atoms with Gasteiger partial charge in [0.05, 0.1) is 13.3 Å². The van der Waals surface area contributed by atoms with Crippen LogP contribution in [0, 0.1) is 6.92 Å². The molecule has 0 saturated heterocycles. The lowest BCUT2D eigenvalue weighted by molar-refractivity contribution is -0.661. The summed E-state index contributed by atoms with van der Waals surface area (Å²) in [6.07, 6.45) is 1.49. The summed E-state index contributed by atoms with van der Waals surface area (Å²) < 4.78 is 12.5. The second kappa shape index (κ2) is 9.05. The summed E-state index contributed by atoms with van der Waals surface area (Å²) in [5, 5.41) is 7.46. The number of methoxy groups -OCH3 is 1. The fraction of sp³-hybridized carbons (Fsp3) is 0.150. The van der Waals surface area contributed by atoms with Crippen molar-refractivity contribution < 1.29 is 19.0 Å². The van der Waals surface area contributed by atoms with Crippen LogP contribution in [0.1, 0.15) is 11.3 Å². The van der Waals surface area contributed by atoms with Crippen molar-refractivity contribution in [1.82, 2.24) is 10.5 Å². The van der Waals surface area contributed by atoms with Gasteiger partial charge in [-0.2, -0.15) is 5.10 Å². The number of rotatable bonds is 7. The lowest BCUT2D eigenvalue weighted by atomic mass is 10.2. The van der Waals surface area contributed by atoms with Crippen molar-refractivity contribution in [2.24, 2.45) is 5.10 Å². The van der Waals surface area contributed by atoms with E-state index in [1.807, 2.05) is 48.0 Å². The van der Waals surface area contributed by atoms with Gasteiger partial charge >= 0.3 is 0 Å². The van der Waals surface area contributed by atoms with Crippen LogP contribution in [-0.2, 0) is 4.79 Å². The Labute approximate surface area is 167 Å². The molecule has 0 unspecified atom stereocenters. The Balaban J connectivity index is 1.62. The number of benzene rings is 2. The Morgan fingerprint density at radius 1 is 1.18 bits per heavy atom. The van der Waals surface area contributed by atoms with Gasteiger partial charge in [0.25, 0.3) is 5.91 Å². The number of H-pyrrole nitrogens is 1. The van der Waals surface area contributed by atoms with Crippen molar-refractivity contribution in [3.8, 4) is 17.2 Å². The van der Waals surface area contributed by atoms with Gasteiger partial charge in [-0.15, -0.1) is 5.10 Å². The highest BCUT2D eigenvalue weighted by Crippen LogP contribution is 2.25. The zero-order chi connectivity index (χ0) is 19.9.